The highest BCUT2D eigenvalue weighted by molar-refractivity contribution is 7.99. The molecule has 1 heterocycles. The van der Waals surface area contributed by atoms with Crippen molar-refractivity contribution in [2.24, 2.45) is 0 Å². The predicted octanol–water partition coefficient (Wildman–Crippen LogP) is 7.54. The molecule has 5 aromatic rings. The molecule has 62 heavy (non-hydrogen) atoms. The van der Waals surface area contributed by atoms with Crippen molar-refractivity contribution in [2.75, 3.05) is 62.3 Å². The second-order valence-corrected chi connectivity index (χ2v) is 18.3. The van der Waals surface area contributed by atoms with Crippen molar-refractivity contribution in [1.29, 1.82) is 0 Å². The Balaban J connectivity index is 1.05. The van der Waals surface area contributed by atoms with Gasteiger partial charge in [-0.05, 0) is 110 Å². The smallest absolute Gasteiger partial charge is 0.293 e. The minimum absolute atomic E-state index is 0.128. The van der Waals surface area contributed by atoms with Crippen LogP contribution in [0.15, 0.2) is 131 Å². The quantitative estimate of drug-likeness (QED) is 0.0262. The van der Waals surface area contributed by atoms with E-state index >= 15 is 0 Å². The molecule has 0 bridgehead atoms. The number of nitro groups is 1. The number of amides is 2. The van der Waals surface area contributed by atoms with Crippen molar-refractivity contribution in [3.8, 4) is 11.1 Å². The molecule has 6 rings (SSSR count). The Bertz CT molecular complexity index is 2400. The van der Waals surface area contributed by atoms with E-state index in [0.29, 0.717) is 36.7 Å². The van der Waals surface area contributed by atoms with Gasteiger partial charge in [0.2, 0.25) is 5.91 Å². The number of nitro benzene ring substituents is 1. The van der Waals surface area contributed by atoms with Crippen LogP contribution in [-0.4, -0.2) is 98.3 Å². The van der Waals surface area contributed by atoms with Gasteiger partial charge in [0.1, 0.15) is 5.69 Å². The zero-order valence-electron chi connectivity index (χ0n) is 34.3. The number of hydroxylamine groups is 1. The van der Waals surface area contributed by atoms with Crippen LogP contribution in [0.2, 0.25) is 5.02 Å². The van der Waals surface area contributed by atoms with Crippen LogP contribution >= 0.6 is 23.4 Å². The number of carbonyl (C=O) groups is 2. The summed E-state index contributed by atoms with van der Waals surface area (Å²) in [4.78, 5) is 43.6. The molecule has 0 radical (unpaired) electrons. The van der Waals surface area contributed by atoms with E-state index in [1.54, 1.807) is 41.5 Å². The van der Waals surface area contributed by atoms with Crippen molar-refractivity contribution < 1.29 is 28.1 Å². The summed E-state index contributed by atoms with van der Waals surface area (Å²) in [5.74, 6) is -0.771. The molecule has 1 saturated heterocycles. The van der Waals surface area contributed by atoms with Gasteiger partial charge in [0.25, 0.3) is 21.6 Å². The van der Waals surface area contributed by atoms with E-state index in [9.17, 15) is 28.1 Å². The van der Waals surface area contributed by atoms with Crippen LogP contribution < -0.4 is 20.4 Å². The number of carbonyl (C=O) groups excluding carboxylic acids is 2. The number of anilines is 2. The molecule has 4 N–H and O–H groups in total. The monoisotopic (exact) mass is 899 g/mol. The fourth-order valence-electron chi connectivity index (χ4n) is 7.17. The molecule has 14 nitrogen and oxygen atoms in total. The summed E-state index contributed by atoms with van der Waals surface area (Å²) in [6, 6.07) is 35.9. The summed E-state index contributed by atoms with van der Waals surface area (Å²) in [5, 5.41) is 25.0. The summed E-state index contributed by atoms with van der Waals surface area (Å²) in [6.07, 6.45) is 1.28. The lowest BCUT2D eigenvalue weighted by Crippen LogP contribution is -2.46. The third kappa shape index (κ3) is 13.0. The minimum Gasteiger partial charge on any atom is -0.376 e. The molecule has 1 aliphatic rings. The standard InChI is InChI=1S/C45H50ClN7O7S2/c1-50(24-7-12-44(54)48-56)25-23-37(32-61-39-9-3-2-4-10-39)47-42-22-21-40(30-43(42)53(57)58)62(59,60)49-45(55)34-15-19-38(20-16-34)52-28-26-51(27-29-52)31-35-8-5-6-11-41(35)33-13-17-36(46)18-14-33/h2-6,8-11,13-22,30,37,47,56H,7,12,23-29,31-32H2,1H3,(H,48,54)(H,49,55). The number of benzene rings is 5. The van der Waals surface area contributed by atoms with E-state index in [1.807, 2.05) is 78.7 Å². The number of sulfonamides is 1. The number of hydrogen-bond acceptors (Lipinski definition) is 12. The van der Waals surface area contributed by atoms with Crippen LogP contribution in [0.1, 0.15) is 35.2 Å². The van der Waals surface area contributed by atoms with E-state index in [-0.39, 0.29) is 23.7 Å². The molecule has 1 aliphatic heterocycles. The molecule has 0 spiro atoms. The molecule has 326 valence electrons. The number of nitrogens with one attached hydrogen (secondary N) is 3. The second kappa shape index (κ2) is 22.0. The number of halogens is 1. The van der Waals surface area contributed by atoms with E-state index in [4.69, 9.17) is 16.8 Å². The number of hydrogen-bond donors (Lipinski definition) is 4. The fraction of sp³-hybridized carbons (Fsp3) is 0.289. The molecule has 17 heteroatoms. The third-order valence-corrected chi connectivity index (χ3v) is 13.4. The average Bonchev–Trinajstić information content (AvgIpc) is 3.28. The Morgan fingerprint density at radius 3 is 2.29 bits per heavy atom. The molecular formula is C45H50ClN7O7S2. The summed E-state index contributed by atoms with van der Waals surface area (Å²) in [7, 11) is -2.59. The Morgan fingerprint density at radius 1 is 0.903 bits per heavy atom. The van der Waals surface area contributed by atoms with Crippen molar-refractivity contribution >= 4 is 62.3 Å². The number of thioether (sulfide) groups is 1. The van der Waals surface area contributed by atoms with Gasteiger partial charge < -0.3 is 15.1 Å². The lowest BCUT2D eigenvalue weighted by molar-refractivity contribution is -0.384. The molecular weight excluding hydrogens is 850 g/mol. The predicted molar refractivity (Wildman–Crippen MR) is 244 cm³/mol. The van der Waals surface area contributed by atoms with Gasteiger partial charge in [-0.1, -0.05) is 66.2 Å². The Hall–Kier alpha value is -5.49. The lowest BCUT2D eigenvalue weighted by Gasteiger charge is -2.36. The summed E-state index contributed by atoms with van der Waals surface area (Å²) >= 11 is 7.70. The molecule has 0 aliphatic carbocycles. The van der Waals surface area contributed by atoms with Crippen LogP contribution in [0, 0.1) is 10.1 Å². The third-order valence-electron chi connectivity index (χ3n) is 10.6. The highest BCUT2D eigenvalue weighted by Gasteiger charge is 2.26. The topological polar surface area (TPSA) is 177 Å². The lowest BCUT2D eigenvalue weighted by atomic mass is 9.99. The first-order chi connectivity index (χ1) is 29.9. The van der Waals surface area contributed by atoms with E-state index in [2.05, 4.69) is 32.0 Å². The highest BCUT2D eigenvalue weighted by Crippen LogP contribution is 2.31. The van der Waals surface area contributed by atoms with E-state index in [0.717, 1.165) is 54.9 Å². The molecule has 5 aromatic carbocycles. The van der Waals surface area contributed by atoms with Gasteiger partial charge >= 0.3 is 0 Å². The first-order valence-electron chi connectivity index (χ1n) is 20.2. The van der Waals surface area contributed by atoms with Gasteiger partial charge in [-0.3, -0.25) is 29.8 Å². The maximum absolute atomic E-state index is 13.5. The Labute approximate surface area is 371 Å². The summed E-state index contributed by atoms with van der Waals surface area (Å²) in [5.41, 5.74) is 5.87. The molecule has 1 fully saturated rings. The van der Waals surface area contributed by atoms with Crippen molar-refractivity contribution in [2.45, 2.75) is 41.6 Å². The van der Waals surface area contributed by atoms with Gasteiger partial charge in [0, 0.05) is 78.2 Å². The fourth-order valence-corrected chi connectivity index (χ4v) is 9.29. The molecule has 1 unspecified atom stereocenters. The second-order valence-electron chi connectivity index (χ2n) is 15.0. The maximum atomic E-state index is 13.5. The van der Waals surface area contributed by atoms with Gasteiger partial charge in [-0.25, -0.2) is 18.6 Å². The van der Waals surface area contributed by atoms with Gasteiger partial charge in [-0.2, -0.15) is 0 Å². The first-order valence-corrected chi connectivity index (χ1v) is 23.1. The normalized spacial score (nSPS) is 13.7. The molecule has 0 aromatic heterocycles. The molecule has 0 saturated carbocycles. The summed E-state index contributed by atoms with van der Waals surface area (Å²) < 4.78 is 29.0. The van der Waals surface area contributed by atoms with Crippen LogP contribution in [0.4, 0.5) is 17.1 Å². The van der Waals surface area contributed by atoms with Crippen LogP contribution in [0.25, 0.3) is 11.1 Å². The minimum atomic E-state index is -4.49. The van der Waals surface area contributed by atoms with Crippen molar-refractivity contribution in [3.63, 3.8) is 0 Å². The number of nitrogens with zero attached hydrogens (tertiary/aromatic N) is 4. The zero-order valence-corrected chi connectivity index (χ0v) is 36.7. The van der Waals surface area contributed by atoms with Crippen LogP contribution in [-0.2, 0) is 21.4 Å². The SMILES string of the molecule is CN(CCCC(=O)NO)CCC(CSc1ccccc1)Nc1ccc(S(=O)(=O)NC(=O)c2ccc(N3CCN(Cc4ccccc4-c4ccc(Cl)cc4)CC3)cc2)cc1[N+](=O)[O-]. The average molecular weight is 901 g/mol. The Morgan fingerprint density at radius 2 is 1.60 bits per heavy atom. The first kappa shape index (κ1) is 46.0. The van der Waals surface area contributed by atoms with Gasteiger partial charge in [0.05, 0.1) is 9.82 Å². The van der Waals surface area contributed by atoms with E-state index in [1.165, 1.54) is 23.3 Å². The zero-order chi connectivity index (χ0) is 44.1. The van der Waals surface area contributed by atoms with Crippen LogP contribution in [0.3, 0.4) is 0 Å². The number of piperazine rings is 1. The van der Waals surface area contributed by atoms with Gasteiger partial charge in [-0.15, -0.1) is 11.8 Å². The molecule has 1 atom stereocenters. The largest absolute Gasteiger partial charge is 0.376 e. The highest BCUT2D eigenvalue weighted by atomic mass is 35.5. The summed E-state index contributed by atoms with van der Waals surface area (Å²) in [6.45, 7) is 5.18. The maximum Gasteiger partial charge on any atom is 0.293 e. The van der Waals surface area contributed by atoms with Crippen LogP contribution in [0.5, 0.6) is 0 Å². The van der Waals surface area contributed by atoms with Gasteiger partial charge in [0.15, 0.2) is 0 Å². The van der Waals surface area contributed by atoms with Crippen molar-refractivity contribution in [1.82, 2.24) is 20.0 Å². The Kier molecular flexibility index (Phi) is 16.4. The van der Waals surface area contributed by atoms with E-state index < -0.39 is 37.3 Å². The van der Waals surface area contributed by atoms with Crippen molar-refractivity contribution in [3.05, 3.63) is 148 Å². The number of rotatable bonds is 20. The molecule has 2 amide bonds.